The molecule has 82 valence electrons. The maximum atomic E-state index is 6.00. The molecule has 3 nitrogen and oxygen atoms in total. The van der Waals surface area contributed by atoms with Gasteiger partial charge < -0.3 is 4.90 Å². The van der Waals surface area contributed by atoms with E-state index < -0.39 is 0 Å². The summed E-state index contributed by atoms with van der Waals surface area (Å²) in [5, 5.41) is 12.0. The Morgan fingerprint density at radius 3 is 2.13 bits per heavy atom. The molecule has 1 aliphatic rings. The van der Waals surface area contributed by atoms with Crippen molar-refractivity contribution in [2.24, 2.45) is 0 Å². The normalized spacial score (nSPS) is 13.7. The maximum Gasteiger partial charge on any atom is 0.0395 e. The van der Waals surface area contributed by atoms with Gasteiger partial charge in [-0.3, -0.25) is 0 Å². The highest BCUT2D eigenvalue weighted by molar-refractivity contribution is 5.85. The molecule has 1 heterocycles. The van der Waals surface area contributed by atoms with Crippen molar-refractivity contribution < 1.29 is 0 Å². The first-order valence-corrected chi connectivity index (χ1v) is 4.88. The Bertz CT molecular complexity index is 306. The van der Waals surface area contributed by atoms with Crippen molar-refractivity contribution >= 4 is 18.1 Å². The number of hydrogen-bond acceptors (Lipinski definition) is 3. The number of anilines is 1. The second kappa shape index (κ2) is 7.08. The van der Waals surface area contributed by atoms with Crippen LogP contribution in [-0.4, -0.2) is 13.1 Å². The van der Waals surface area contributed by atoms with Gasteiger partial charge in [0.1, 0.15) is 0 Å². The van der Waals surface area contributed by atoms with Crippen molar-refractivity contribution in [3.63, 3.8) is 0 Å². The zero-order chi connectivity index (χ0) is 10.4. The molecular formula is C11H16ClN3. The third-order valence-corrected chi connectivity index (χ3v) is 2.56. The quantitative estimate of drug-likeness (QED) is 0.691. The minimum atomic E-state index is 0. The first kappa shape index (κ1) is 13.7. The molecule has 0 aromatic heterocycles. The molecule has 0 atom stereocenters. The molecule has 1 aromatic carbocycles. The summed E-state index contributed by atoms with van der Waals surface area (Å²) in [6, 6.07) is 8.64. The van der Waals surface area contributed by atoms with Crippen LogP contribution < -0.4 is 4.90 Å². The Labute approximate surface area is 96.9 Å². The van der Waals surface area contributed by atoms with Gasteiger partial charge in [-0.15, -0.1) is 12.4 Å². The average Bonchev–Trinajstić information content (AvgIpc) is 2.75. The van der Waals surface area contributed by atoms with Crippen molar-refractivity contribution in [2.45, 2.75) is 19.8 Å². The monoisotopic (exact) mass is 225 g/mol. The molecule has 0 bridgehead atoms. The Morgan fingerprint density at radius 1 is 1.07 bits per heavy atom. The Morgan fingerprint density at radius 2 is 1.60 bits per heavy atom. The van der Waals surface area contributed by atoms with Gasteiger partial charge in [0, 0.05) is 29.6 Å². The van der Waals surface area contributed by atoms with Gasteiger partial charge in [-0.1, -0.05) is 18.2 Å². The number of rotatable bonds is 1. The summed E-state index contributed by atoms with van der Waals surface area (Å²) in [5.74, 6) is 0. The average molecular weight is 226 g/mol. The molecule has 0 amide bonds. The van der Waals surface area contributed by atoms with Crippen LogP contribution in [0.15, 0.2) is 24.3 Å². The van der Waals surface area contributed by atoms with Crippen LogP contribution in [0.4, 0.5) is 5.69 Å². The molecule has 15 heavy (non-hydrogen) atoms. The standard InChI is InChI=1S/C11H15N.ClH.N2/c1-10-6-2-3-7-11(10)12-8-4-5-9-12;;1-2/h2-3,6-7H,4-5,8-9H2,1H3;1H;. The maximum absolute atomic E-state index is 6.00. The summed E-state index contributed by atoms with van der Waals surface area (Å²) >= 11 is 0. The highest BCUT2D eigenvalue weighted by atomic mass is 35.5. The Balaban J connectivity index is 0.000000617. The second-order valence-electron chi connectivity index (χ2n) is 3.48. The Kier molecular flexibility index (Phi) is 6.48. The van der Waals surface area contributed by atoms with E-state index in [0.717, 1.165) is 0 Å². The molecule has 2 rings (SSSR count). The van der Waals surface area contributed by atoms with Gasteiger partial charge in [-0.25, -0.2) is 0 Å². The fraction of sp³-hybridized carbons (Fsp3) is 0.455. The van der Waals surface area contributed by atoms with E-state index in [-0.39, 0.29) is 12.4 Å². The summed E-state index contributed by atoms with van der Waals surface area (Å²) in [4.78, 5) is 2.48. The lowest BCUT2D eigenvalue weighted by Gasteiger charge is -2.19. The van der Waals surface area contributed by atoms with Crippen LogP contribution in [0.1, 0.15) is 18.4 Å². The van der Waals surface area contributed by atoms with Crippen molar-refractivity contribution in [3.05, 3.63) is 29.8 Å². The van der Waals surface area contributed by atoms with Crippen molar-refractivity contribution in [2.75, 3.05) is 18.0 Å². The minimum Gasteiger partial charge on any atom is -0.371 e. The highest BCUT2D eigenvalue weighted by Gasteiger charge is 2.12. The second-order valence-corrected chi connectivity index (χ2v) is 3.48. The van der Waals surface area contributed by atoms with Crippen LogP contribution in [0.25, 0.3) is 0 Å². The summed E-state index contributed by atoms with van der Waals surface area (Å²) in [6.07, 6.45) is 2.71. The largest absolute Gasteiger partial charge is 0.371 e. The van der Waals surface area contributed by atoms with E-state index in [9.17, 15) is 0 Å². The van der Waals surface area contributed by atoms with Gasteiger partial charge in [0.25, 0.3) is 0 Å². The molecule has 0 unspecified atom stereocenters. The predicted molar refractivity (Wildman–Crippen MR) is 63.3 cm³/mol. The van der Waals surface area contributed by atoms with Crippen LogP contribution in [0.2, 0.25) is 0 Å². The third-order valence-electron chi connectivity index (χ3n) is 2.56. The van der Waals surface area contributed by atoms with Gasteiger partial charge in [-0.2, -0.15) is 0 Å². The zero-order valence-electron chi connectivity index (χ0n) is 8.89. The molecule has 0 radical (unpaired) electrons. The first-order valence-electron chi connectivity index (χ1n) is 4.88. The van der Waals surface area contributed by atoms with Crippen LogP contribution in [0.3, 0.4) is 0 Å². The molecular weight excluding hydrogens is 210 g/mol. The lowest BCUT2D eigenvalue weighted by molar-refractivity contribution is 0.949. The van der Waals surface area contributed by atoms with Crippen molar-refractivity contribution in [1.82, 2.24) is 0 Å². The number of benzene rings is 1. The lowest BCUT2D eigenvalue weighted by atomic mass is 10.2. The summed E-state index contributed by atoms with van der Waals surface area (Å²) in [7, 11) is 0. The minimum absolute atomic E-state index is 0. The number of aryl methyl sites for hydroxylation is 1. The van der Waals surface area contributed by atoms with Crippen LogP contribution >= 0.6 is 12.4 Å². The zero-order valence-corrected chi connectivity index (χ0v) is 9.70. The molecule has 1 aromatic rings. The molecule has 1 aliphatic heterocycles. The smallest absolute Gasteiger partial charge is 0.0395 e. The fourth-order valence-corrected chi connectivity index (χ4v) is 1.88. The number of halogens is 1. The van der Waals surface area contributed by atoms with Crippen molar-refractivity contribution in [1.29, 1.82) is 10.8 Å². The topological polar surface area (TPSA) is 50.8 Å². The number of para-hydroxylation sites is 1. The van der Waals surface area contributed by atoms with E-state index in [0.29, 0.717) is 0 Å². The van der Waals surface area contributed by atoms with Crippen LogP contribution in [-0.2, 0) is 0 Å². The lowest BCUT2D eigenvalue weighted by Crippen LogP contribution is -2.18. The van der Waals surface area contributed by atoms with Gasteiger partial charge >= 0.3 is 0 Å². The molecule has 0 spiro atoms. The summed E-state index contributed by atoms with van der Waals surface area (Å²) < 4.78 is 0. The summed E-state index contributed by atoms with van der Waals surface area (Å²) in [6.45, 7) is 4.67. The van der Waals surface area contributed by atoms with E-state index in [4.69, 9.17) is 10.8 Å². The SMILES string of the molecule is Cc1ccccc1N1CCCC1.Cl.N#N. The van der Waals surface area contributed by atoms with Gasteiger partial charge in [-0.05, 0) is 31.4 Å². The molecule has 0 N–H and O–H groups in total. The van der Waals surface area contributed by atoms with E-state index in [1.54, 1.807) is 0 Å². The fourth-order valence-electron chi connectivity index (χ4n) is 1.88. The highest BCUT2D eigenvalue weighted by Crippen LogP contribution is 2.23. The number of hydrogen-bond donors (Lipinski definition) is 0. The van der Waals surface area contributed by atoms with E-state index >= 15 is 0 Å². The molecule has 4 heteroatoms. The third kappa shape index (κ3) is 3.41. The summed E-state index contributed by atoms with van der Waals surface area (Å²) in [5.41, 5.74) is 2.83. The van der Waals surface area contributed by atoms with Gasteiger partial charge in [0.2, 0.25) is 0 Å². The van der Waals surface area contributed by atoms with E-state index in [2.05, 4.69) is 36.1 Å². The number of nitrogens with zero attached hydrogens (tertiary/aromatic N) is 3. The molecule has 0 aliphatic carbocycles. The van der Waals surface area contributed by atoms with Crippen LogP contribution in [0, 0.1) is 17.7 Å². The first-order chi connectivity index (χ1) is 6.88. The van der Waals surface area contributed by atoms with Crippen LogP contribution in [0.5, 0.6) is 0 Å². The Hall–Kier alpha value is -1.27. The molecule has 1 saturated heterocycles. The van der Waals surface area contributed by atoms with Gasteiger partial charge in [0.05, 0.1) is 0 Å². The molecule has 0 saturated carbocycles. The van der Waals surface area contributed by atoms with Gasteiger partial charge in [0.15, 0.2) is 0 Å². The van der Waals surface area contributed by atoms with E-state index in [1.807, 2.05) is 0 Å². The molecule has 1 fully saturated rings. The predicted octanol–water partition coefficient (Wildman–Crippen LogP) is 3.05. The van der Waals surface area contributed by atoms with E-state index in [1.165, 1.54) is 37.2 Å². The van der Waals surface area contributed by atoms with Crippen molar-refractivity contribution in [3.8, 4) is 0 Å².